The number of halogens is 1. The largest absolute Gasteiger partial charge is 0.300 e. The number of carbonyl (C=O) groups excluding carboxylic acids is 1. The molecule has 0 bridgehead atoms. The summed E-state index contributed by atoms with van der Waals surface area (Å²) in [6.45, 7) is 2.01. The summed E-state index contributed by atoms with van der Waals surface area (Å²) in [6, 6.07) is 1.86. The Morgan fingerprint density at radius 3 is 2.93 bits per heavy atom. The lowest BCUT2D eigenvalue weighted by atomic mass is 10.1. The van der Waals surface area contributed by atoms with Gasteiger partial charge in [-0.05, 0) is 24.5 Å². The third-order valence-corrected chi connectivity index (χ3v) is 2.40. The lowest BCUT2D eigenvalue weighted by molar-refractivity contribution is -0.119. The van der Waals surface area contributed by atoms with E-state index < -0.39 is 0 Å². The van der Waals surface area contributed by atoms with Crippen molar-refractivity contribution in [2.45, 2.75) is 32.6 Å². The highest BCUT2D eigenvalue weighted by Gasteiger charge is 2.03. The molecular weight excluding hydrogens is 198 g/mol. The van der Waals surface area contributed by atoms with Gasteiger partial charge in [0, 0.05) is 25.2 Å². The topological polar surface area (TPSA) is 30.0 Å². The molecule has 1 heterocycles. The van der Waals surface area contributed by atoms with E-state index in [0.717, 1.165) is 18.4 Å². The fourth-order valence-corrected chi connectivity index (χ4v) is 1.50. The van der Waals surface area contributed by atoms with Crippen LogP contribution in [0.2, 0.25) is 5.02 Å². The first-order chi connectivity index (χ1) is 6.74. The Labute approximate surface area is 89.3 Å². The molecule has 0 atom stereocenters. The lowest BCUT2D eigenvalue weighted by Crippen LogP contribution is -1.99. The van der Waals surface area contributed by atoms with Crippen molar-refractivity contribution in [1.29, 1.82) is 0 Å². The second-order valence-corrected chi connectivity index (χ2v) is 3.66. The fourth-order valence-electron chi connectivity index (χ4n) is 1.28. The second kappa shape index (κ2) is 5.76. The van der Waals surface area contributed by atoms with E-state index in [-0.39, 0.29) is 0 Å². The summed E-state index contributed by atoms with van der Waals surface area (Å²) in [4.78, 5) is 15.2. The van der Waals surface area contributed by atoms with E-state index in [0.29, 0.717) is 23.6 Å². The van der Waals surface area contributed by atoms with Crippen molar-refractivity contribution in [3.63, 3.8) is 0 Å². The van der Waals surface area contributed by atoms with Gasteiger partial charge in [-0.15, -0.1) is 0 Å². The van der Waals surface area contributed by atoms with E-state index in [1.54, 1.807) is 12.4 Å². The predicted octanol–water partition coefficient (Wildman–Crippen LogP) is 3.04. The highest BCUT2D eigenvalue weighted by molar-refractivity contribution is 6.31. The van der Waals surface area contributed by atoms with Crippen LogP contribution < -0.4 is 0 Å². The van der Waals surface area contributed by atoms with Crippen LogP contribution in [0.25, 0.3) is 0 Å². The van der Waals surface area contributed by atoms with E-state index in [1.165, 1.54) is 0 Å². The summed E-state index contributed by atoms with van der Waals surface area (Å²) in [5, 5.41) is 0.650. The van der Waals surface area contributed by atoms with Gasteiger partial charge >= 0.3 is 0 Å². The van der Waals surface area contributed by atoms with Gasteiger partial charge in [-0.2, -0.15) is 0 Å². The summed E-state index contributed by atoms with van der Waals surface area (Å²) < 4.78 is 0. The van der Waals surface area contributed by atoms with Crippen LogP contribution >= 0.6 is 11.6 Å². The van der Waals surface area contributed by atoms with E-state index >= 15 is 0 Å². The number of hydrogen-bond acceptors (Lipinski definition) is 2. The number of hydrogen-bond donors (Lipinski definition) is 0. The van der Waals surface area contributed by atoms with Gasteiger partial charge in [0.2, 0.25) is 0 Å². The maximum atomic E-state index is 11.3. The minimum atomic E-state index is 0.306. The first-order valence-corrected chi connectivity index (χ1v) is 5.22. The molecule has 0 saturated carbocycles. The summed E-state index contributed by atoms with van der Waals surface area (Å²) in [6.07, 6.45) is 6.20. The quantitative estimate of drug-likeness (QED) is 0.750. The predicted molar refractivity (Wildman–Crippen MR) is 57.5 cm³/mol. The van der Waals surface area contributed by atoms with Crippen LogP contribution in [-0.4, -0.2) is 10.8 Å². The van der Waals surface area contributed by atoms with Gasteiger partial charge in [0.15, 0.2) is 0 Å². The molecule has 0 aliphatic rings. The molecule has 0 spiro atoms. The number of pyridine rings is 1. The zero-order valence-electron chi connectivity index (χ0n) is 8.29. The fraction of sp³-hybridized carbons (Fsp3) is 0.455. The second-order valence-electron chi connectivity index (χ2n) is 3.26. The van der Waals surface area contributed by atoms with Crippen LogP contribution in [0.3, 0.4) is 0 Å². The van der Waals surface area contributed by atoms with Gasteiger partial charge in [-0.3, -0.25) is 9.78 Å². The molecule has 1 aromatic heterocycles. The maximum absolute atomic E-state index is 11.3. The standard InChI is InChI=1S/C11H14ClNO/c1-2-3-10(14)5-4-9-6-7-13-8-11(9)12/h6-8H,2-5H2,1H3. The van der Waals surface area contributed by atoms with Crippen LogP contribution in [0.5, 0.6) is 0 Å². The number of Topliss-reactive ketones (excluding diaryl/α,β-unsaturated/α-hetero) is 1. The average molecular weight is 212 g/mol. The first kappa shape index (κ1) is 11.2. The lowest BCUT2D eigenvalue weighted by Gasteiger charge is -2.02. The minimum absolute atomic E-state index is 0.306. The van der Waals surface area contributed by atoms with Crippen molar-refractivity contribution < 1.29 is 4.79 Å². The number of carbonyl (C=O) groups is 1. The van der Waals surface area contributed by atoms with Gasteiger partial charge < -0.3 is 0 Å². The summed E-state index contributed by atoms with van der Waals surface area (Å²) in [7, 11) is 0. The average Bonchev–Trinajstić information content (AvgIpc) is 2.17. The van der Waals surface area contributed by atoms with Gasteiger partial charge in [-0.25, -0.2) is 0 Å². The van der Waals surface area contributed by atoms with Gasteiger partial charge in [0.25, 0.3) is 0 Å². The maximum Gasteiger partial charge on any atom is 0.133 e. The van der Waals surface area contributed by atoms with Crippen molar-refractivity contribution in [3.05, 3.63) is 29.0 Å². The zero-order valence-corrected chi connectivity index (χ0v) is 9.05. The zero-order chi connectivity index (χ0) is 10.4. The number of ketones is 1. The Kier molecular flexibility index (Phi) is 4.60. The highest BCUT2D eigenvalue weighted by atomic mass is 35.5. The third-order valence-electron chi connectivity index (χ3n) is 2.06. The Morgan fingerprint density at radius 2 is 2.29 bits per heavy atom. The SMILES string of the molecule is CCCC(=O)CCc1ccncc1Cl. The number of nitrogens with zero attached hydrogens (tertiary/aromatic N) is 1. The Morgan fingerprint density at radius 1 is 1.50 bits per heavy atom. The molecule has 0 radical (unpaired) electrons. The molecule has 0 N–H and O–H groups in total. The smallest absolute Gasteiger partial charge is 0.133 e. The molecule has 76 valence electrons. The normalized spacial score (nSPS) is 10.1. The number of aryl methyl sites for hydroxylation is 1. The Bertz CT molecular complexity index is 312. The van der Waals surface area contributed by atoms with Crippen molar-refractivity contribution in [3.8, 4) is 0 Å². The van der Waals surface area contributed by atoms with E-state index in [9.17, 15) is 4.79 Å². The highest BCUT2D eigenvalue weighted by Crippen LogP contribution is 2.15. The van der Waals surface area contributed by atoms with Crippen LogP contribution in [0.4, 0.5) is 0 Å². The molecule has 0 aliphatic carbocycles. The van der Waals surface area contributed by atoms with E-state index in [4.69, 9.17) is 11.6 Å². The van der Waals surface area contributed by atoms with Crippen LogP contribution in [0.15, 0.2) is 18.5 Å². The van der Waals surface area contributed by atoms with Crippen LogP contribution in [-0.2, 0) is 11.2 Å². The molecule has 1 aromatic rings. The van der Waals surface area contributed by atoms with Gasteiger partial charge in [0.1, 0.15) is 5.78 Å². The van der Waals surface area contributed by atoms with Crippen LogP contribution in [0, 0.1) is 0 Å². The van der Waals surface area contributed by atoms with E-state index in [2.05, 4.69) is 4.98 Å². The molecule has 0 amide bonds. The number of rotatable bonds is 5. The Hall–Kier alpha value is -0.890. The van der Waals surface area contributed by atoms with Crippen LogP contribution in [0.1, 0.15) is 31.7 Å². The third kappa shape index (κ3) is 3.46. The molecule has 1 rings (SSSR count). The summed E-state index contributed by atoms with van der Waals surface area (Å²) in [5.41, 5.74) is 1.01. The first-order valence-electron chi connectivity index (χ1n) is 4.84. The molecule has 0 aromatic carbocycles. The van der Waals surface area contributed by atoms with E-state index in [1.807, 2.05) is 13.0 Å². The molecule has 2 nitrogen and oxygen atoms in total. The van der Waals surface area contributed by atoms with Crippen molar-refractivity contribution in [1.82, 2.24) is 4.98 Å². The van der Waals surface area contributed by atoms with Gasteiger partial charge in [-0.1, -0.05) is 18.5 Å². The molecule has 0 aliphatic heterocycles. The van der Waals surface area contributed by atoms with Crippen molar-refractivity contribution in [2.24, 2.45) is 0 Å². The summed E-state index contributed by atoms with van der Waals surface area (Å²) >= 11 is 5.91. The molecule has 14 heavy (non-hydrogen) atoms. The minimum Gasteiger partial charge on any atom is -0.300 e. The van der Waals surface area contributed by atoms with Crippen molar-refractivity contribution in [2.75, 3.05) is 0 Å². The molecule has 0 fully saturated rings. The number of aromatic nitrogens is 1. The van der Waals surface area contributed by atoms with Crippen molar-refractivity contribution >= 4 is 17.4 Å². The molecular formula is C11H14ClNO. The summed E-state index contributed by atoms with van der Waals surface area (Å²) in [5.74, 6) is 0.306. The Balaban J connectivity index is 2.46. The molecule has 3 heteroatoms. The monoisotopic (exact) mass is 211 g/mol. The molecule has 0 unspecified atom stereocenters. The van der Waals surface area contributed by atoms with Gasteiger partial charge in [0.05, 0.1) is 5.02 Å². The molecule has 0 saturated heterocycles.